The number of hydrogen-bond donors (Lipinski definition) is 1. The van der Waals surface area contributed by atoms with E-state index in [9.17, 15) is 0 Å². The fourth-order valence-electron chi connectivity index (χ4n) is 6.44. The molecule has 21 heavy (non-hydrogen) atoms. The van der Waals surface area contributed by atoms with Crippen LogP contribution in [0.3, 0.4) is 0 Å². The minimum Gasteiger partial charge on any atom is -1.00 e. The third-order valence-electron chi connectivity index (χ3n) is 6.02. The zero-order chi connectivity index (χ0) is 13.8. The van der Waals surface area contributed by atoms with E-state index in [-0.39, 0.29) is 12.4 Å². The molecular weight excluding hydrogens is 280 g/mol. The van der Waals surface area contributed by atoms with Gasteiger partial charge in [-0.15, -0.1) is 0 Å². The van der Waals surface area contributed by atoms with Crippen molar-refractivity contribution in [3.63, 3.8) is 0 Å². The van der Waals surface area contributed by atoms with Gasteiger partial charge in [-0.3, -0.25) is 4.98 Å². The molecule has 1 heterocycles. The molecule has 5 rings (SSSR count). The normalized spacial score (nSPS) is 43.6. The van der Waals surface area contributed by atoms with E-state index in [1.165, 1.54) is 44.1 Å². The SMILES string of the molecule is CC12CC3CC(C)(C1)CC(NCc1cccnc1)(C3)C2.[Cl-]. The van der Waals surface area contributed by atoms with Crippen molar-refractivity contribution < 1.29 is 12.4 Å². The first-order valence-electron chi connectivity index (χ1n) is 8.12. The van der Waals surface area contributed by atoms with Gasteiger partial charge in [-0.25, -0.2) is 0 Å². The fraction of sp³-hybridized carbons (Fsp3) is 0.722. The van der Waals surface area contributed by atoms with Crippen LogP contribution in [0.5, 0.6) is 0 Å². The lowest BCUT2D eigenvalue weighted by Gasteiger charge is -2.65. The van der Waals surface area contributed by atoms with Crippen LogP contribution in [0.25, 0.3) is 0 Å². The maximum atomic E-state index is 4.24. The van der Waals surface area contributed by atoms with Gasteiger partial charge < -0.3 is 17.7 Å². The maximum absolute atomic E-state index is 4.24. The second-order valence-electron chi connectivity index (χ2n) is 8.63. The Morgan fingerprint density at radius 3 is 2.43 bits per heavy atom. The number of aromatic nitrogens is 1. The largest absolute Gasteiger partial charge is 1.00 e. The van der Waals surface area contributed by atoms with E-state index in [2.05, 4.69) is 30.2 Å². The van der Waals surface area contributed by atoms with E-state index in [1.807, 2.05) is 18.5 Å². The molecule has 2 atom stereocenters. The van der Waals surface area contributed by atoms with Crippen LogP contribution in [0.4, 0.5) is 0 Å². The minimum absolute atomic E-state index is 0. The molecule has 0 radical (unpaired) electrons. The maximum Gasteiger partial charge on any atom is 0.0312 e. The van der Waals surface area contributed by atoms with Gasteiger partial charge in [0.15, 0.2) is 0 Å². The molecule has 4 aliphatic rings. The molecule has 2 nitrogen and oxygen atoms in total. The van der Waals surface area contributed by atoms with Crippen LogP contribution in [0, 0.1) is 16.7 Å². The van der Waals surface area contributed by atoms with Crippen molar-refractivity contribution in [2.24, 2.45) is 16.7 Å². The van der Waals surface area contributed by atoms with Crippen LogP contribution in [0.15, 0.2) is 24.5 Å². The average Bonchev–Trinajstić information content (AvgIpc) is 2.33. The molecule has 0 aromatic carbocycles. The van der Waals surface area contributed by atoms with E-state index in [4.69, 9.17) is 0 Å². The Morgan fingerprint density at radius 1 is 1.14 bits per heavy atom. The Balaban J connectivity index is 0.00000132. The quantitative estimate of drug-likeness (QED) is 0.898. The highest BCUT2D eigenvalue weighted by atomic mass is 35.5. The fourth-order valence-corrected chi connectivity index (χ4v) is 6.44. The van der Waals surface area contributed by atoms with Crippen molar-refractivity contribution >= 4 is 0 Å². The van der Waals surface area contributed by atoms with Gasteiger partial charge >= 0.3 is 0 Å². The van der Waals surface area contributed by atoms with Gasteiger partial charge in [-0.2, -0.15) is 0 Å². The summed E-state index contributed by atoms with van der Waals surface area (Å²) in [5, 5.41) is 3.95. The van der Waals surface area contributed by atoms with Gasteiger partial charge in [0.1, 0.15) is 0 Å². The molecule has 1 N–H and O–H groups in total. The van der Waals surface area contributed by atoms with E-state index >= 15 is 0 Å². The molecule has 4 saturated carbocycles. The summed E-state index contributed by atoms with van der Waals surface area (Å²) in [4.78, 5) is 4.24. The molecule has 0 aliphatic heterocycles. The topological polar surface area (TPSA) is 24.9 Å². The van der Waals surface area contributed by atoms with Crippen molar-refractivity contribution in [3.8, 4) is 0 Å². The smallest absolute Gasteiger partial charge is 0.0312 e. The molecule has 0 amide bonds. The number of nitrogens with zero attached hydrogens (tertiary/aromatic N) is 1. The third-order valence-corrected chi connectivity index (χ3v) is 6.02. The predicted octanol–water partition coefficient (Wildman–Crippen LogP) is 0.924. The second kappa shape index (κ2) is 4.96. The molecule has 0 spiro atoms. The average molecular weight is 306 g/mol. The van der Waals surface area contributed by atoms with E-state index in [0.717, 1.165) is 12.5 Å². The Kier molecular flexibility index (Phi) is 3.61. The first-order valence-corrected chi connectivity index (χ1v) is 8.12. The molecule has 116 valence electrons. The van der Waals surface area contributed by atoms with Crippen LogP contribution in [-0.2, 0) is 6.54 Å². The monoisotopic (exact) mass is 305 g/mol. The number of nitrogens with one attached hydrogen (secondary N) is 1. The van der Waals surface area contributed by atoms with Gasteiger partial charge in [0.05, 0.1) is 0 Å². The lowest BCUT2D eigenvalue weighted by Crippen LogP contribution is -3.00. The van der Waals surface area contributed by atoms with Gasteiger partial charge in [0.2, 0.25) is 0 Å². The van der Waals surface area contributed by atoms with Crippen molar-refractivity contribution in [2.45, 2.75) is 64.5 Å². The zero-order valence-corrected chi connectivity index (χ0v) is 13.9. The first kappa shape index (κ1) is 15.3. The molecule has 4 aliphatic carbocycles. The predicted molar refractivity (Wildman–Crippen MR) is 81.2 cm³/mol. The Morgan fingerprint density at radius 2 is 1.86 bits per heavy atom. The summed E-state index contributed by atoms with van der Waals surface area (Å²) in [5.41, 5.74) is 2.91. The summed E-state index contributed by atoms with van der Waals surface area (Å²) in [5.74, 6) is 0.961. The van der Waals surface area contributed by atoms with Crippen molar-refractivity contribution in [3.05, 3.63) is 30.1 Å². The number of rotatable bonds is 3. The molecule has 1 aromatic rings. The molecule has 4 fully saturated rings. The molecular formula is C18H26ClN2-. The lowest BCUT2D eigenvalue weighted by molar-refractivity contribution is -0.118. The summed E-state index contributed by atoms with van der Waals surface area (Å²) in [6, 6.07) is 4.23. The Bertz CT molecular complexity index is 497. The molecule has 3 heteroatoms. The third kappa shape index (κ3) is 2.73. The molecule has 4 bridgehead atoms. The minimum atomic E-state index is 0. The first-order chi connectivity index (χ1) is 9.49. The van der Waals surface area contributed by atoms with Crippen LogP contribution in [0.2, 0.25) is 0 Å². The zero-order valence-electron chi connectivity index (χ0n) is 13.2. The molecule has 1 aromatic heterocycles. The molecule has 2 unspecified atom stereocenters. The van der Waals surface area contributed by atoms with E-state index in [0.29, 0.717) is 16.4 Å². The second-order valence-corrected chi connectivity index (χ2v) is 8.63. The van der Waals surface area contributed by atoms with Crippen molar-refractivity contribution in [2.75, 3.05) is 0 Å². The standard InChI is InChI=1S/C18H26N2.ClH/c1-16-6-15-7-17(2,11-16)13-18(8-15,12-16)20-10-14-4-3-5-19-9-14;/h3-5,9,15,20H,6-8,10-13H2,1-2H3;1H/p-1. The summed E-state index contributed by atoms with van der Waals surface area (Å²) in [6.45, 7) is 6.05. The number of hydrogen-bond acceptors (Lipinski definition) is 2. The summed E-state index contributed by atoms with van der Waals surface area (Å²) in [6.07, 6.45) is 12.4. The summed E-state index contributed by atoms with van der Waals surface area (Å²) < 4.78 is 0. The van der Waals surface area contributed by atoms with Crippen molar-refractivity contribution in [1.82, 2.24) is 10.3 Å². The van der Waals surface area contributed by atoms with Gasteiger partial charge in [-0.1, -0.05) is 19.9 Å². The number of pyridine rings is 1. The summed E-state index contributed by atoms with van der Waals surface area (Å²) >= 11 is 0. The van der Waals surface area contributed by atoms with Crippen LogP contribution in [0.1, 0.15) is 57.9 Å². The highest BCUT2D eigenvalue weighted by Gasteiger charge is 2.59. The molecule has 0 saturated heterocycles. The summed E-state index contributed by atoms with van der Waals surface area (Å²) in [7, 11) is 0. The van der Waals surface area contributed by atoms with Gasteiger partial charge in [0.25, 0.3) is 0 Å². The highest BCUT2D eigenvalue weighted by Crippen LogP contribution is 2.66. The van der Waals surface area contributed by atoms with E-state index in [1.54, 1.807) is 0 Å². The van der Waals surface area contributed by atoms with Gasteiger partial charge in [-0.05, 0) is 66.9 Å². The lowest BCUT2D eigenvalue weighted by atomic mass is 9.43. The number of halogens is 1. The van der Waals surface area contributed by atoms with Crippen LogP contribution < -0.4 is 17.7 Å². The Labute approximate surface area is 134 Å². The van der Waals surface area contributed by atoms with Crippen LogP contribution >= 0.6 is 0 Å². The van der Waals surface area contributed by atoms with Crippen LogP contribution in [-0.4, -0.2) is 10.5 Å². The Hall–Kier alpha value is -0.600. The van der Waals surface area contributed by atoms with Gasteiger partial charge in [0, 0.05) is 24.5 Å². The van der Waals surface area contributed by atoms with Crippen molar-refractivity contribution in [1.29, 1.82) is 0 Å². The van der Waals surface area contributed by atoms with E-state index < -0.39 is 0 Å². The highest BCUT2D eigenvalue weighted by molar-refractivity contribution is 5.16.